The number of aromatic nitrogens is 2. The van der Waals surface area contributed by atoms with Crippen molar-refractivity contribution < 1.29 is 9.21 Å². The van der Waals surface area contributed by atoms with Gasteiger partial charge in [-0.05, 0) is 48.7 Å². The second kappa shape index (κ2) is 7.41. The van der Waals surface area contributed by atoms with Crippen molar-refractivity contribution in [2.75, 3.05) is 7.05 Å². The van der Waals surface area contributed by atoms with Gasteiger partial charge in [-0.25, -0.2) is 4.98 Å². The molecule has 3 aromatic heterocycles. The van der Waals surface area contributed by atoms with Crippen LogP contribution in [0.5, 0.6) is 0 Å². The first-order chi connectivity index (χ1) is 14.6. The summed E-state index contributed by atoms with van der Waals surface area (Å²) in [7, 11) is 1.81. The molecule has 30 heavy (non-hydrogen) atoms. The second-order valence-corrected chi connectivity index (χ2v) is 8.09. The molecular formula is C25H23N3O2. The molecule has 3 heterocycles. The Bertz CT molecular complexity index is 1220. The Morgan fingerprint density at radius 1 is 1.13 bits per heavy atom. The molecule has 5 nitrogen and oxygen atoms in total. The highest BCUT2D eigenvalue weighted by Crippen LogP contribution is 2.47. The maximum absolute atomic E-state index is 13.4. The summed E-state index contributed by atoms with van der Waals surface area (Å²) >= 11 is 0. The van der Waals surface area contributed by atoms with E-state index in [1.165, 1.54) is 6.42 Å². The third-order valence-electron chi connectivity index (χ3n) is 5.82. The predicted octanol–water partition coefficient (Wildman–Crippen LogP) is 5.29. The van der Waals surface area contributed by atoms with Crippen LogP contribution >= 0.6 is 0 Å². The van der Waals surface area contributed by atoms with Gasteiger partial charge < -0.3 is 9.32 Å². The number of furan rings is 1. The van der Waals surface area contributed by atoms with Gasteiger partial charge in [-0.2, -0.15) is 0 Å². The van der Waals surface area contributed by atoms with Crippen molar-refractivity contribution in [2.45, 2.75) is 25.8 Å². The fourth-order valence-corrected chi connectivity index (χ4v) is 3.93. The SMILES string of the molecule is C[C@H]1C[C@H]1c1ccc(CN(C)C(=O)c2cc(-c3ccncc3)nc3ccccc23)o1. The molecule has 0 spiro atoms. The average Bonchev–Trinajstić information content (AvgIpc) is 3.33. The van der Waals surface area contributed by atoms with E-state index in [9.17, 15) is 4.79 Å². The van der Waals surface area contributed by atoms with Crippen LogP contribution < -0.4 is 0 Å². The van der Waals surface area contributed by atoms with Gasteiger partial charge >= 0.3 is 0 Å². The summed E-state index contributed by atoms with van der Waals surface area (Å²) < 4.78 is 6.00. The first-order valence-corrected chi connectivity index (χ1v) is 10.2. The molecule has 150 valence electrons. The fraction of sp³-hybridized carbons (Fsp3) is 0.240. The zero-order chi connectivity index (χ0) is 20.7. The maximum Gasteiger partial charge on any atom is 0.254 e. The number of nitrogens with zero attached hydrogens (tertiary/aromatic N) is 3. The van der Waals surface area contributed by atoms with Crippen molar-refractivity contribution in [1.29, 1.82) is 0 Å². The summed E-state index contributed by atoms with van der Waals surface area (Å²) in [5.74, 6) is 3.02. The minimum Gasteiger partial charge on any atom is -0.464 e. The molecule has 0 radical (unpaired) electrons. The molecule has 5 rings (SSSR count). The lowest BCUT2D eigenvalue weighted by Gasteiger charge is -2.18. The van der Waals surface area contributed by atoms with Crippen molar-refractivity contribution in [3.63, 3.8) is 0 Å². The average molecular weight is 397 g/mol. The number of rotatable bonds is 5. The standard InChI is InChI=1S/C25H23N3O2/c1-16-13-20(16)24-8-7-18(30-24)15-28(2)25(29)21-14-23(17-9-11-26-12-10-17)27-22-6-4-3-5-19(21)22/h3-12,14,16,20H,13,15H2,1-2H3/t16-,20+/m0/s1. The number of carbonyl (C=O) groups is 1. The Morgan fingerprint density at radius 3 is 2.67 bits per heavy atom. The number of carbonyl (C=O) groups excluding carboxylic acids is 1. The number of hydrogen-bond acceptors (Lipinski definition) is 4. The van der Waals surface area contributed by atoms with E-state index in [4.69, 9.17) is 9.40 Å². The zero-order valence-electron chi connectivity index (χ0n) is 17.1. The van der Waals surface area contributed by atoms with Gasteiger partial charge in [0.15, 0.2) is 0 Å². The minimum atomic E-state index is -0.0540. The van der Waals surface area contributed by atoms with Gasteiger partial charge in [0.2, 0.25) is 0 Å². The molecule has 0 saturated heterocycles. The monoisotopic (exact) mass is 397 g/mol. The molecule has 4 aromatic rings. The number of hydrogen-bond donors (Lipinski definition) is 0. The third kappa shape index (κ3) is 3.47. The van der Waals surface area contributed by atoms with Gasteiger partial charge in [0, 0.05) is 36.3 Å². The fourth-order valence-electron chi connectivity index (χ4n) is 3.93. The van der Waals surface area contributed by atoms with Crippen LogP contribution in [-0.2, 0) is 6.54 Å². The Hall–Kier alpha value is -3.47. The third-order valence-corrected chi connectivity index (χ3v) is 5.82. The van der Waals surface area contributed by atoms with E-state index in [2.05, 4.69) is 11.9 Å². The molecule has 1 aliphatic rings. The van der Waals surface area contributed by atoms with E-state index in [0.29, 0.717) is 23.9 Å². The first-order valence-electron chi connectivity index (χ1n) is 10.2. The molecule has 1 saturated carbocycles. The van der Waals surface area contributed by atoms with E-state index >= 15 is 0 Å². The zero-order valence-corrected chi connectivity index (χ0v) is 17.1. The maximum atomic E-state index is 13.4. The lowest BCUT2D eigenvalue weighted by Crippen LogP contribution is -2.26. The molecule has 1 amide bonds. The molecular weight excluding hydrogens is 374 g/mol. The molecule has 1 aromatic carbocycles. The van der Waals surface area contributed by atoms with Crippen LogP contribution in [0.1, 0.15) is 41.1 Å². The van der Waals surface area contributed by atoms with Crippen molar-refractivity contribution in [2.24, 2.45) is 5.92 Å². The topological polar surface area (TPSA) is 59.2 Å². The summed E-state index contributed by atoms with van der Waals surface area (Å²) in [5.41, 5.74) is 3.13. The predicted molar refractivity (Wildman–Crippen MR) is 116 cm³/mol. The van der Waals surface area contributed by atoms with Gasteiger partial charge in [-0.3, -0.25) is 9.78 Å². The first kappa shape index (κ1) is 18.6. The van der Waals surface area contributed by atoms with Crippen molar-refractivity contribution in [3.8, 4) is 11.3 Å². The highest BCUT2D eigenvalue weighted by molar-refractivity contribution is 6.07. The number of amides is 1. The summed E-state index contributed by atoms with van der Waals surface area (Å²) in [4.78, 5) is 23.9. The van der Waals surface area contributed by atoms with Crippen molar-refractivity contribution in [3.05, 3.63) is 84.1 Å². The van der Waals surface area contributed by atoms with Gasteiger partial charge in [-0.1, -0.05) is 25.1 Å². The Balaban J connectivity index is 1.46. The number of fused-ring (bicyclic) bond motifs is 1. The van der Waals surface area contributed by atoms with Gasteiger partial charge in [0.05, 0.1) is 23.3 Å². The lowest BCUT2D eigenvalue weighted by molar-refractivity contribution is 0.0776. The molecule has 0 unspecified atom stereocenters. The van der Waals surface area contributed by atoms with E-state index < -0.39 is 0 Å². The molecule has 0 aliphatic heterocycles. The van der Waals surface area contributed by atoms with Crippen LogP contribution in [0.4, 0.5) is 0 Å². The molecule has 1 fully saturated rings. The Kier molecular flexibility index (Phi) is 4.58. The summed E-state index contributed by atoms with van der Waals surface area (Å²) in [5, 5.41) is 0.846. The summed E-state index contributed by atoms with van der Waals surface area (Å²) in [6, 6.07) is 17.5. The van der Waals surface area contributed by atoms with Gasteiger partial charge in [0.1, 0.15) is 11.5 Å². The highest BCUT2D eigenvalue weighted by Gasteiger charge is 2.36. The normalized spacial score (nSPS) is 17.8. The van der Waals surface area contributed by atoms with E-state index in [1.54, 1.807) is 17.3 Å². The van der Waals surface area contributed by atoms with Crippen LogP contribution in [-0.4, -0.2) is 27.8 Å². The lowest BCUT2D eigenvalue weighted by atomic mass is 10.0. The number of para-hydroxylation sites is 1. The Labute approximate surface area is 175 Å². The van der Waals surface area contributed by atoms with Crippen molar-refractivity contribution in [1.82, 2.24) is 14.9 Å². The molecule has 2 atom stereocenters. The minimum absolute atomic E-state index is 0.0540. The Morgan fingerprint density at radius 2 is 1.90 bits per heavy atom. The van der Waals surface area contributed by atoms with Gasteiger partial charge in [-0.15, -0.1) is 0 Å². The summed E-state index contributed by atoms with van der Waals surface area (Å²) in [6.07, 6.45) is 4.65. The van der Waals surface area contributed by atoms with Crippen LogP contribution in [0.15, 0.2) is 71.4 Å². The van der Waals surface area contributed by atoms with Crippen LogP contribution in [0.25, 0.3) is 22.2 Å². The van der Waals surface area contributed by atoms with E-state index in [-0.39, 0.29) is 5.91 Å². The number of benzene rings is 1. The van der Waals surface area contributed by atoms with Crippen LogP contribution in [0.3, 0.4) is 0 Å². The highest BCUT2D eigenvalue weighted by atomic mass is 16.3. The van der Waals surface area contributed by atoms with E-state index in [0.717, 1.165) is 33.7 Å². The van der Waals surface area contributed by atoms with Gasteiger partial charge in [0.25, 0.3) is 5.91 Å². The number of pyridine rings is 2. The second-order valence-electron chi connectivity index (χ2n) is 8.09. The molecule has 5 heteroatoms. The van der Waals surface area contributed by atoms with Crippen LogP contribution in [0.2, 0.25) is 0 Å². The van der Waals surface area contributed by atoms with E-state index in [1.807, 2.05) is 61.6 Å². The molecule has 1 aliphatic carbocycles. The van der Waals surface area contributed by atoms with Crippen molar-refractivity contribution >= 4 is 16.8 Å². The molecule has 0 bridgehead atoms. The largest absolute Gasteiger partial charge is 0.464 e. The van der Waals surface area contributed by atoms with Crippen LogP contribution in [0, 0.1) is 5.92 Å². The molecule has 0 N–H and O–H groups in total. The summed E-state index contributed by atoms with van der Waals surface area (Å²) in [6.45, 7) is 2.67. The smallest absolute Gasteiger partial charge is 0.254 e. The quantitative estimate of drug-likeness (QED) is 0.459.